The van der Waals surface area contributed by atoms with E-state index in [1.807, 2.05) is 12.1 Å². The summed E-state index contributed by atoms with van der Waals surface area (Å²) in [7, 11) is 0. The van der Waals surface area contributed by atoms with Gasteiger partial charge in [-0.25, -0.2) is 0 Å². The molecular weight excluding hydrogens is 215 g/mol. The standard InChI is InChI=1S/C12H14Cl2/c1-3-9(2)4-5-10-6-11(13)8-12(14)7-10/h3,6-8H,4-5H2,1-2H3. The van der Waals surface area contributed by atoms with Crippen molar-refractivity contribution < 1.29 is 0 Å². The van der Waals surface area contributed by atoms with Crippen LogP contribution >= 0.6 is 23.2 Å². The van der Waals surface area contributed by atoms with E-state index in [2.05, 4.69) is 19.9 Å². The Bertz CT molecular complexity index is 320. The van der Waals surface area contributed by atoms with E-state index in [9.17, 15) is 0 Å². The van der Waals surface area contributed by atoms with Crippen LogP contribution in [-0.4, -0.2) is 0 Å². The highest BCUT2D eigenvalue weighted by molar-refractivity contribution is 6.34. The van der Waals surface area contributed by atoms with E-state index in [1.165, 1.54) is 11.1 Å². The first kappa shape index (κ1) is 11.6. The summed E-state index contributed by atoms with van der Waals surface area (Å²) in [6, 6.07) is 5.70. The molecule has 0 fully saturated rings. The van der Waals surface area contributed by atoms with Gasteiger partial charge in [-0.2, -0.15) is 0 Å². The van der Waals surface area contributed by atoms with Gasteiger partial charge in [0.05, 0.1) is 0 Å². The number of rotatable bonds is 3. The predicted molar refractivity (Wildman–Crippen MR) is 64.2 cm³/mol. The summed E-state index contributed by atoms with van der Waals surface area (Å²) in [6.07, 6.45) is 4.19. The monoisotopic (exact) mass is 228 g/mol. The second-order valence-electron chi connectivity index (χ2n) is 3.41. The first-order valence-electron chi connectivity index (χ1n) is 4.68. The van der Waals surface area contributed by atoms with Gasteiger partial charge in [-0.1, -0.05) is 34.9 Å². The number of hydrogen-bond donors (Lipinski definition) is 0. The molecule has 0 N–H and O–H groups in total. The van der Waals surface area contributed by atoms with Crippen molar-refractivity contribution in [3.63, 3.8) is 0 Å². The molecule has 0 radical (unpaired) electrons. The molecule has 2 heteroatoms. The molecule has 0 bridgehead atoms. The molecule has 14 heavy (non-hydrogen) atoms. The fourth-order valence-corrected chi connectivity index (χ4v) is 1.81. The molecule has 0 amide bonds. The minimum Gasteiger partial charge on any atom is -0.0887 e. The van der Waals surface area contributed by atoms with Gasteiger partial charge in [0.1, 0.15) is 0 Å². The average Bonchev–Trinajstić information content (AvgIpc) is 2.12. The number of halogens is 2. The predicted octanol–water partition coefficient (Wildman–Crippen LogP) is 4.89. The van der Waals surface area contributed by atoms with Crippen LogP contribution in [0.2, 0.25) is 10.0 Å². The third-order valence-electron chi connectivity index (χ3n) is 2.22. The Morgan fingerprint density at radius 1 is 1.21 bits per heavy atom. The van der Waals surface area contributed by atoms with Gasteiger partial charge in [0.15, 0.2) is 0 Å². The van der Waals surface area contributed by atoms with Crippen LogP contribution in [0.15, 0.2) is 29.8 Å². The highest BCUT2D eigenvalue weighted by atomic mass is 35.5. The van der Waals surface area contributed by atoms with Crippen LogP contribution in [0.4, 0.5) is 0 Å². The van der Waals surface area contributed by atoms with Gasteiger partial charge in [-0.05, 0) is 50.5 Å². The van der Waals surface area contributed by atoms with E-state index in [1.54, 1.807) is 6.07 Å². The van der Waals surface area contributed by atoms with Crippen LogP contribution in [-0.2, 0) is 6.42 Å². The van der Waals surface area contributed by atoms with E-state index in [0.717, 1.165) is 12.8 Å². The number of benzene rings is 1. The van der Waals surface area contributed by atoms with Crippen molar-refractivity contribution in [3.05, 3.63) is 45.5 Å². The Morgan fingerprint density at radius 2 is 1.79 bits per heavy atom. The molecule has 0 nitrogen and oxygen atoms in total. The Kier molecular flexibility index (Phi) is 4.50. The van der Waals surface area contributed by atoms with Crippen LogP contribution in [0.3, 0.4) is 0 Å². The summed E-state index contributed by atoms with van der Waals surface area (Å²) in [5, 5.41) is 1.43. The zero-order chi connectivity index (χ0) is 10.6. The van der Waals surface area contributed by atoms with Crippen molar-refractivity contribution in [1.82, 2.24) is 0 Å². The van der Waals surface area contributed by atoms with Crippen molar-refractivity contribution in [2.24, 2.45) is 0 Å². The maximum absolute atomic E-state index is 5.90. The van der Waals surface area contributed by atoms with Crippen LogP contribution < -0.4 is 0 Å². The average molecular weight is 229 g/mol. The normalized spacial score (nSPS) is 11.9. The number of hydrogen-bond acceptors (Lipinski definition) is 0. The molecule has 0 aliphatic carbocycles. The minimum absolute atomic E-state index is 0.714. The molecule has 0 heterocycles. The second-order valence-corrected chi connectivity index (χ2v) is 4.29. The zero-order valence-electron chi connectivity index (χ0n) is 8.48. The molecule has 0 atom stereocenters. The molecule has 0 aliphatic heterocycles. The summed E-state index contributed by atoms with van der Waals surface area (Å²) < 4.78 is 0. The van der Waals surface area contributed by atoms with Crippen LogP contribution in [0, 0.1) is 0 Å². The third-order valence-corrected chi connectivity index (χ3v) is 2.66. The van der Waals surface area contributed by atoms with E-state index >= 15 is 0 Å². The summed E-state index contributed by atoms with van der Waals surface area (Å²) in [4.78, 5) is 0. The van der Waals surface area contributed by atoms with Crippen molar-refractivity contribution in [2.75, 3.05) is 0 Å². The molecule has 1 rings (SSSR count). The number of aryl methyl sites for hydroxylation is 1. The Labute approximate surface area is 95.5 Å². The van der Waals surface area contributed by atoms with Gasteiger partial charge in [-0.15, -0.1) is 0 Å². The summed E-state index contributed by atoms with van der Waals surface area (Å²) >= 11 is 11.8. The lowest BCUT2D eigenvalue weighted by Gasteiger charge is -2.03. The fraction of sp³-hybridized carbons (Fsp3) is 0.333. The molecule has 0 spiro atoms. The van der Waals surface area contributed by atoms with E-state index < -0.39 is 0 Å². The summed E-state index contributed by atoms with van der Waals surface area (Å²) in [5.41, 5.74) is 2.59. The second kappa shape index (κ2) is 5.43. The Morgan fingerprint density at radius 3 is 2.29 bits per heavy atom. The van der Waals surface area contributed by atoms with Crippen LogP contribution in [0.5, 0.6) is 0 Å². The summed E-state index contributed by atoms with van der Waals surface area (Å²) in [6.45, 7) is 4.19. The largest absolute Gasteiger partial charge is 0.0887 e. The smallest absolute Gasteiger partial charge is 0.0423 e. The van der Waals surface area contributed by atoms with Crippen molar-refractivity contribution >= 4 is 23.2 Å². The lowest BCUT2D eigenvalue weighted by Crippen LogP contribution is -1.86. The van der Waals surface area contributed by atoms with Crippen molar-refractivity contribution in [2.45, 2.75) is 26.7 Å². The fourth-order valence-electron chi connectivity index (χ4n) is 1.24. The van der Waals surface area contributed by atoms with Crippen molar-refractivity contribution in [3.8, 4) is 0 Å². The first-order valence-corrected chi connectivity index (χ1v) is 5.44. The zero-order valence-corrected chi connectivity index (χ0v) is 9.99. The molecule has 0 saturated carbocycles. The third kappa shape index (κ3) is 3.73. The van der Waals surface area contributed by atoms with Gasteiger partial charge in [-0.3, -0.25) is 0 Å². The topological polar surface area (TPSA) is 0 Å². The van der Waals surface area contributed by atoms with Crippen molar-refractivity contribution in [1.29, 1.82) is 0 Å². The van der Waals surface area contributed by atoms with E-state index in [-0.39, 0.29) is 0 Å². The summed E-state index contributed by atoms with van der Waals surface area (Å²) in [5.74, 6) is 0. The molecule has 1 aromatic carbocycles. The molecule has 0 saturated heterocycles. The minimum atomic E-state index is 0.714. The Hall–Kier alpha value is -0.460. The van der Waals surface area contributed by atoms with E-state index in [4.69, 9.17) is 23.2 Å². The van der Waals surface area contributed by atoms with Gasteiger partial charge >= 0.3 is 0 Å². The molecule has 1 aromatic rings. The molecule has 0 unspecified atom stereocenters. The lowest BCUT2D eigenvalue weighted by atomic mass is 10.1. The van der Waals surface area contributed by atoms with Gasteiger partial charge in [0.2, 0.25) is 0 Å². The number of allylic oxidation sites excluding steroid dienone is 2. The molecule has 0 aliphatic rings. The molecular formula is C12H14Cl2. The van der Waals surface area contributed by atoms with Gasteiger partial charge in [0.25, 0.3) is 0 Å². The highest BCUT2D eigenvalue weighted by Gasteiger charge is 1.98. The quantitative estimate of drug-likeness (QED) is 0.647. The molecule has 76 valence electrons. The highest BCUT2D eigenvalue weighted by Crippen LogP contribution is 2.20. The van der Waals surface area contributed by atoms with Gasteiger partial charge in [0, 0.05) is 10.0 Å². The maximum Gasteiger partial charge on any atom is 0.0423 e. The van der Waals surface area contributed by atoms with Crippen LogP contribution in [0.1, 0.15) is 25.8 Å². The van der Waals surface area contributed by atoms with Gasteiger partial charge < -0.3 is 0 Å². The maximum atomic E-state index is 5.90. The first-order chi connectivity index (χ1) is 6.61. The van der Waals surface area contributed by atoms with Crippen LogP contribution in [0.25, 0.3) is 0 Å². The molecule has 0 aromatic heterocycles. The Balaban J connectivity index is 2.67. The lowest BCUT2D eigenvalue weighted by molar-refractivity contribution is 0.938. The van der Waals surface area contributed by atoms with E-state index in [0.29, 0.717) is 10.0 Å². The SMILES string of the molecule is CC=C(C)CCc1cc(Cl)cc(Cl)c1.